The zero-order valence-corrected chi connectivity index (χ0v) is 10.4. The van der Waals surface area contributed by atoms with Gasteiger partial charge < -0.3 is 0 Å². The lowest BCUT2D eigenvalue weighted by molar-refractivity contribution is 0.0976. The molecule has 2 aromatic carbocycles. The number of hydrogen-bond acceptors (Lipinski definition) is 3. The van der Waals surface area contributed by atoms with Gasteiger partial charge in [0, 0.05) is 27.8 Å². The SMILES string of the molecule is O=Cc1c(Cl)ccc2c1C(=O)c1ccccc1C2=O. The minimum Gasteiger partial charge on any atom is -0.298 e. The lowest BCUT2D eigenvalue weighted by Gasteiger charge is -2.18. The summed E-state index contributed by atoms with van der Waals surface area (Å²) in [6, 6.07) is 9.51. The first-order chi connectivity index (χ1) is 9.15. The van der Waals surface area contributed by atoms with Crippen molar-refractivity contribution in [2.75, 3.05) is 0 Å². The zero-order chi connectivity index (χ0) is 13.6. The van der Waals surface area contributed by atoms with Crippen molar-refractivity contribution in [2.24, 2.45) is 0 Å². The second kappa shape index (κ2) is 4.14. The normalized spacial score (nSPS) is 12.9. The lowest BCUT2D eigenvalue weighted by Crippen LogP contribution is -2.22. The third-order valence-electron chi connectivity index (χ3n) is 3.20. The minimum absolute atomic E-state index is 0.0759. The Kier molecular flexibility index (Phi) is 2.57. The Labute approximate surface area is 113 Å². The number of benzene rings is 2. The number of carbonyl (C=O) groups excluding carboxylic acids is 3. The van der Waals surface area contributed by atoms with Crippen LogP contribution in [0.15, 0.2) is 36.4 Å². The Balaban J connectivity index is 2.39. The molecule has 2 aromatic rings. The topological polar surface area (TPSA) is 51.2 Å². The maximum atomic E-state index is 12.4. The van der Waals surface area contributed by atoms with Gasteiger partial charge in [-0.15, -0.1) is 0 Å². The van der Waals surface area contributed by atoms with Crippen molar-refractivity contribution in [1.29, 1.82) is 0 Å². The summed E-state index contributed by atoms with van der Waals surface area (Å²) in [6.07, 6.45) is 0.514. The second-order valence-corrected chi connectivity index (χ2v) is 4.61. The van der Waals surface area contributed by atoms with Gasteiger partial charge in [-0.25, -0.2) is 0 Å². The van der Waals surface area contributed by atoms with Crippen molar-refractivity contribution in [3.63, 3.8) is 0 Å². The maximum absolute atomic E-state index is 12.4. The molecule has 0 bridgehead atoms. The van der Waals surface area contributed by atoms with Gasteiger partial charge in [0.1, 0.15) is 0 Å². The second-order valence-electron chi connectivity index (χ2n) is 4.21. The summed E-state index contributed by atoms with van der Waals surface area (Å²) in [5.74, 6) is -0.597. The number of aldehydes is 1. The standard InChI is InChI=1S/C15H7ClO3/c16-12-6-5-10-13(11(12)7-17)15(19)9-4-2-1-3-8(9)14(10)18/h1-7H. The van der Waals surface area contributed by atoms with E-state index >= 15 is 0 Å². The maximum Gasteiger partial charge on any atom is 0.195 e. The molecule has 3 nitrogen and oxygen atoms in total. The molecule has 4 heteroatoms. The van der Waals surface area contributed by atoms with Crippen LogP contribution in [0, 0.1) is 0 Å². The largest absolute Gasteiger partial charge is 0.298 e. The summed E-state index contributed by atoms with van der Waals surface area (Å²) in [7, 11) is 0. The van der Waals surface area contributed by atoms with E-state index in [0.29, 0.717) is 17.4 Å². The lowest BCUT2D eigenvalue weighted by atomic mass is 9.82. The number of halogens is 1. The van der Waals surface area contributed by atoms with E-state index in [4.69, 9.17) is 11.6 Å². The van der Waals surface area contributed by atoms with Crippen LogP contribution in [0.1, 0.15) is 42.2 Å². The molecule has 1 aliphatic carbocycles. The van der Waals surface area contributed by atoms with Crippen molar-refractivity contribution in [1.82, 2.24) is 0 Å². The molecule has 0 fully saturated rings. The molecule has 0 aromatic heterocycles. The summed E-state index contributed by atoms with van der Waals surface area (Å²) in [5.41, 5.74) is 1.08. The summed E-state index contributed by atoms with van der Waals surface area (Å²) in [4.78, 5) is 35.9. The molecule has 0 amide bonds. The predicted octanol–water partition coefficient (Wildman–Crippen LogP) is 2.93. The first kappa shape index (κ1) is 11.8. The highest BCUT2D eigenvalue weighted by atomic mass is 35.5. The molecule has 0 N–H and O–H groups in total. The van der Waals surface area contributed by atoms with Gasteiger partial charge in [-0.05, 0) is 12.1 Å². The average molecular weight is 271 g/mol. The molecule has 92 valence electrons. The van der Waals surface area contributed by atoms with Gasteiger partial charge >= 0.3 is 0 Å². The van der Waals surface area contributed by atoms with E-state index in [9.17, 15) is 14.4 Å². The molecule has 0 heterocycles. The quantitative estimate of drug-likeness (QED) is 0.639. The highest BCUT2D eigenvalue weighted by Gasteiger charge is 2.32. The van der Waals surface area contributed by atoms with Crippen LogP contribution in [0.3, 0.4) is 0 Å². The van der Waals surface area contributed by atoms with Crippen LogP contribution in [0.2, 0.25) is 5.02 Å². The van der Waals surface area contributed by atoms with Crippen LogP contribution in [0.5, 0.6) is 0 Å². The third-order valence-corrected chi connectivity index (χ3v) is 3.53. The fourth-order valence-electron chi connectivity index (χ4n) is 2.30. The number of carbonyl (C=O) groups is 3. The Morgan fingerprint density at radius 3 is 2.11 bits per heavy atom. The average Bonchev–Trinajstić information content (AvgIpc) is 2.44. The zero-order valence-electron chi connectivity index (χ0n) is 9.64. The van der Waals surface area contributed by atoms with E-state index in [0.717, 1.165) is 0 Å². The van der Waals surface area contributed by atoms with Crippen molar-refractivity contribution in [2.45, 2.75) is 0 Å². The van der Waals surface area contributed by atoms with Crippen LogP contribution in [-0.2, 0) is 0 Å². The molecule has 1 aliphatic rings. The predicted molar refractivity (Wildman–Crippen MR) is 70.1 cm³/mol. The summed E-state index contributed by atoms with van der Waals surface area (Å²) < 4.78 is 0. The first-order valence-corrected chi connectivity index (χ1v) is 5.99. The van der Waals surface area contributed by atoms with E-state index in [1.807, 2.05) is 0 Å². The summed E-state index contributed by atoms with van der Waals surface area (Å²) in [5, 5.41) is 0.175. The molecule has 0 unspecified atom stereocenters. The van der Waals surface area contributed by atoms with E-state index in [1.165, 1.54) is 12.1 Å². The summed E-state index contributed by atoms with van der Waals surface area (Å²) >= 11 is 5.91. The number of fused-ring (bicyclic) bond motifs is 2. The molecule has 3 rings (SSSR count). The number of hydrogen-bond donors (Lipinski definition) is 0. The van der Waals surface area contributed by atoms with Gasteiger partial charge in [-0.1, -0.05) is 35.9 Å². The van der Waals surface area contributed by atoms with Crippen LogP contribution < -0.4 is 0 Å². The van der Waals surface area contributed by atoms with Crippen LogP contribution in [0.4, 0.5) is 0 Å². The fourth-order valence-corrected chi connectivity index (χ4v) is 2.50. The Hall–Kier alpha value is -2.26. The van der Waals surface area contributed by atoms with E-state index in [-0.39, 0.29) is 33.3 Å². The van der Waals surface area contributed by atoms with E-state index in [2.05, 4.69) is 0 Å². The molecule has 0 saturated heterocycles. The fraction of sp³-hybridized carbons (Fsp3) is 0. The molecular formula is C15H7ClO3. The van der Waals surface area contributed by atoms with Crippen LogP contribution in [0.25, 0.3) is 0 Å². The van der Waals surface area contributed by atoms with Gasteiger partial charge in [-0.3, -0.25) is 14.4 Å². The molecule has 0 atom stereocenters. The molecule has 0 aliphatic heterocycles. The molecule has 0 spiro atoms. The molecule has 19 heavy (non-hydrogen) atoms. The third kappa shape index (κ3) is 1.55. The monoisotopic (exact) mass is 270 g/mol. The van der Waals surface area contributed by atoms with Gasteiger partial charge in [0.15, 0.2) is 17.9 Å². The van der Waals surface area contributed by atoms with E-state index < -0.39 is 0 Å². The Morgan fingerprint density at radius 2 is 1.47 bits per heavy atom. The van der Waals surface area contributed by atoms with Gasteiger partial charge in [0.2, 0.25) is 0 Å². The van der Waals surface area contributed by atoms with Gasteiger partial charge in [-0.2, -0.15) is 0 Å². The molecule has 0 saturated carbocycles. The number of rotatable bonds is 1. The van der Waals surface area contributed by atoms with Gasteiger partial charge in [0.05, 0.1) is 5.02 Å². The minimum atomic E-state index is -0.338. The highest BCUT2D eigenvalue weighted by Crippen LogP contribution is 2.31. The number of ketones is 2. The van der Waals surface area contributed by atoms with Crippen molar-refractivity contribution < 1.29 is 14.4 Å². The van der Waals surface area contributed by atoms with E-state index in [1.54, 1.807) is 24.3 Å². The van der Waals surface area contributed by atoms with Crippen molar-refractivity contribution in [3.8, 4) is 0 Å². The Morgan fingerprint density at radius 1 is 0.842 bits per heavy atom. The highest BCUT2D eigenvalue weighted by molar-refractivity contribution is 6.36. The smallest absolute Gasteiger partial charge is 0.195 e. The van der Waals surface area contributed by atoms with Crippen molar-refractivity contribution in [3.05, 3.63) is 69.2 Å². The Bertz CT molecular complexity index is 747. The van der Waals surface area contributed by atoms with Crippen LogP contribution in [-0.4, -0.2) is 17.9 Å². The molecule has 0 radical (unpaired) electrons. The van der Waals surface area contributed by atoms with Crippen molar-refractivity contribution >= 4 is 29.5 Å². The summed E-state index contributed by atoms with van der Waals surface area (Å²) in [6.45, 7) is 0. The van der Waals surface area contributed by atoms with Crippen LogP contribution >= 0.6 is 11.6 Å². The first-order valence-electron chi connectivity index (χ1n) is 5.61. The van der Waals surface area contributed by atoms with Gasteiger partial charge in [0.25, 0.3) is 0 Å². The molecular weight excluding hydrogens is 264 g/mol.